The molecule has 0 unspecified atom stereocenters. The van der Waals surface area contributed by atoms with Crippen molar-refractivity contribution in [2.75, 3.05) is 5.32 Å². The summed E-state index contributed by atoms with van der Waals surface area (Å²) in [5, 5.41) is 3.11. The van der Waals surface area contributed by atoms with Crippen molar-refractivity contribution in [3.05, 3.63) is 58.5 Å². The Bertz CT molecular complexity index is 584. The van der Waals surface area contributed by atoms with Crippen LogP contribution >= 0.6 is 11.6 Å². The first-order valence-corrected chi connectivity index (χ1v) is 5.63. The van der Waals surface area contributed by atoms with Crippen LogP contribution < -0.4 is 5.32 Å². The fraction of sp³-hybridized carbons (Fsp3) is 0.0769. The van der Waals surface area contributed by atoms with Gasteiger partial charge >= 0.3 is 0 Å². The van der Waals surface area contributed by atoms with Gasteiger partial charge in [0, 0.05) is 11.8 Å². The van der Waals surface area contributed by atoms with Crippen molar-refractivity contribution in [3.63, 3.8) is 0 Å². The van der Waals surface area contributed by atoms with Crippen LogP contribution in [0.2, 0.25) is 5.02 Å². The molecule has 1 heterocycles. The van der Waals surface area contributed by atoms with Crippen molar-refractivity contribution in [2.45, 2.75) is 6.92 Å². The van der Waals surface area contributed by atoms with Crippen LogP contribution in [0.25, 0.3) is 0 Å². The maximum absolute atomic E-state index is 12.9. The van der Waals surface area contributed by atoms with Gasteiger partial charge in [0.05, 0.1) is 5.02 Å². The molecule has 0 bridgehead atoms. The van der Waals surface area contributed by atoms with Gasteiger partial charge < -0.3 is 5.32 Å². The van der Waals surface area contributed by atoms with Crippen LogP contribution in [0.5, 0.6) is 0 Å². The van der Waals surface area contributed by atoms with E-state index in [9.17, 15) is 9.18 Å². The first-order chi connectivity index (χ1) is 8.56. The molecule has 0 aliphatic rings. The minimum Gasteiger partial charge on any atom is -0.307 e. The first-order valence-electron chi connectivity index (χ1n) is 5.25. The number of carbonyl (C=O) groups excluding carboxylic acids is 1. The second kappa shape index (κ2) is 5.14. The molecule has 1 aromatic heterocycles. The lowest BCUT2D eigenvalue weighted by molar-refractivity contribution is 0.102. The third-order valence-electron chi connectivity index (χ3n) is 2.40. The van der Waals surface area contributed by atoms with Gasteiger partial charge in [0.15, 0.2) is 0 Å². The first kappa shape index (κ1) is 12.5. The highest BCUT2D eigenvalue weighted by Gasteiger charge is 2.10. The number of nitrogens with zero attached hydrogens (tertiary/aromatic N) is 1. The molecular formula is C13H10ClFN2O. The maximum Gasteiger partial charge on any atom is 0.257 e. The highest BCUT2D eigenvalue weighted by molar-refractivity contribution is 6.30. The van der Waals surface area contributed by atoms with Gasteiger partial charge in [-0.15, -0.1) is 0 Å². The molecule has 2 aromatic rings. The smallest absolute Gasteiger partial charge is 0.257 e. The van der Waals surface area contributed by atoms with E-state index in [2.05, 4.69) is 10.3 Å². The summed E-state index contributed by atoms with van der Waals surface area (Å²) in [4.78, 5) is 15.9. The summed E-state index contributed by atoms with van der Waals surface area (Å²) in [5.74, 6) is -0.302. The number of benzene rings is 1. The molecule has 0 fully saturated rings. The van der Waals surface area contributed by atoms with E-state index in [1.54, 1.807) is 19.1 Å². The quantitative estimate of drug-likeness (QED) is 0.903. The molecule has 3 nitrogen and oxygen atoms in total. The van der Waals surface area contributed by atoms with Gasteiger partial charge in [-0.3, -0.25) is 4.79 Å². The van der Waals surface area contributed by atoms with Crippen LogP contribution in [0.1, 0.15) is 15.9 Å². The van der Waals surface area contributed by atoms with Crippen LogP contribution in [0.3, 0.4) is 0 Å². The van der Waals surface area contributed by atoms with Crippen LogP contribution in [0.4, 0.5) is 10.2 Å². The Balaban J connectivity index is 2.19. The number of nitrogens with one attached hydrogen (secondary N) is 1. The Morgan fingerprint density at radius 2 is 2.11 bits per heavy atom. The van der Waals surface area contributed by atoms with E-state index in [0.717, 1.165) is 0 Å². The molecule has 0 saturated carbocycles. The third-order valence-corrected chi connectivity index (χ3v) is 2.63. The van der Waals surface area contributed by atoms with E-state index >= 15 is 0 Å². The zero-order chi connectivity index (χ0) is 13.1. The number of hydrogen-bond donors (Lipinski definition) is 1. The molecule has 0 radical (unpaired) electrons. The second-order valence-electron chi connectivity index (χ2n) is 3.78. The molecule has 92 valence electrons. The average molecular weight is 265 g/mol. The third kappa shape index (κ3) is 2.84. The fourth-order valence-electron chi connectivity index (χ4n) is 1.52. The number of rotatable bonds is 2. The summed E-state index contributed by atoms with van der Waals surface area (Å²) in [5.41, 5.74) is 0.981. The van der Waals surface area contributed by atoms with Crippen LogP contribution in [0.15, 0.2) is 36.5 Å². The number of aromatic nitrogens is 1. The Morgan fingerprint density at radius 3 is 2.72 bits per heavy atom. The van der Waals surface area contributed by atoms with E-state index in [0.29, 0.717) is 22.0 Å². The molecule has 18 heavy (non-hydrogen) atoms. The van der Waals surface area contributed by atoms with Gasteiger partial charge in [-0.1, -0.05) is 11.6 Å². The average Bonchev–Trinajstić information content (AvgIpc) is 2.32. The summed E-state index contributed by atoms with van der Waals surface area (Å²) >= 11 is 5.69. The zero-order valence-electron chi connectivity index (χ0n) is 9.58. The number of halogens is 2. The van der Waals surface area contributed by atoms with Crippen molar-refractivity contribution >= 4 is 23.3 Å². The number of aryl methyl sites for hydroxylation is 1. The van der Waals surface area contributed by atoms with E-state index in [1.165, 1.54) is 24.4 Å². The van der Waals surface area contributed by atoms with E-state index < -0.39 is 0 Å². The molecule has 0 aliphatic carbocycles. The number of hydrogen-bond acceptors (Lipinski definition) is 2. The molecule has 1 N–H and O–H groups in total. The molecule has 1 amide bonds. The predicted molar refractivity (Wildman–Crippen MR) is 68.3 cm³/mol. The van der Waals surface area contributed by atoms with Crippen molar-refractivity contribution in [1.82, 2.24) is 4.98 Å². The minimum atomic E-state index is -0.367. The zero-order valence-corrected chi connectivity index (χ0v) is 10.3. The number of anilines is 1. The Hall–Kier alpha value is -1.94. The summed E-state index contributed by atoms with van der Waals surface area (Å²) < 4.78 is 12.9. The van der Waals surface area contributed by atoms with Gasteiger partial charge in [0.1, 0.15) is 11.6 Å². The van der Waals surface area contributed by atoms with Gasteiger partial charge in [-0.25, -0.2) is 9.37 Å². The molecule has 0 aliphatic heterocycles. The topological polar surface area (TPSA) is 42.0 Å². The van der Waals surface area contributed by atoms with Gasteiger partial charge in [-0.2, -0.15) is 0 Å². The van der Waals surface area contributed by atoms with Crippen molar-refractivity contribution in [2.24, 2.45) is 0 Å². The monoisotopic (exact) mass is 264 g/mol. The second-order valence-corrected chi connectivity index (χ2v) is 4.21. The number of carbonyl (C=O) groups is 1. The molecule has 5 heteroatoms. The Labute approximate surface area is 109 Å². The van der Waals surface area contributed by atoms with E-state index in [1.807, 2.05) is 0 Å². The number of pyridine rings is 1. The number of amides is 1. The summed E-state index contributed by atoms with van der Waals surface area (Å²) in [6, 6.07) is 7.22. The van der Waals surface area contributed by atoms with Gasteiger partial charge in [0.2, 0.25) is 0 Å². The lowest BCUT2D eigenvalue weighted by Crippen LogP contribution is -2.14. The lowest BCUT2D eigenvalue weighted by atomic mass is 10.1. The van der Waals surface area contributed by atoms with Crippen molar-refractivity contribution in [1.29, 1.82) is 0 Å². The molecule has 0 spiro atoms. The van der Waals surface area contributed by atoms with Crippen LogP contribution in [0, 0.1) is 12.7 Å². The Morgan fingerprint density at radius 1 is 1.33 bits per heavy atom. The summed E-state index contributed by atoms with van der Waals surface area (Å²) in [6.45, 7) is 1.67. The summed E-state index contributed by atoms with van der Waals surface area (Å²) in [6.07, 6.45) is 1.44. The normalized spacial score (nSPS) is 10.2. The van der Waals surface area contributed by atoms with E-state index in [-0.39, 0.29) is 11.7 Å². The van der Waals surface area contributed by atoms with Crippen molar-refractivity contribution < 1.29 is 9.18 Å². The predicted octanol–water partition coefficient (Wildman–Crippen LogP) is 3.43. The molecule has 0 atom stereocenters. The fourth-order valence-corrected chi connectivity index (χ4v) is 1.63. The van der Waals surface area contributed by atoms with Gasteiger partial charge in [-0.05, 0) is 42.8 Å². The molecule has 2 rings (SSSR count). The molecule has 1 aromatic carbocycles. The maximum atomic E-state index is 12.9. The van der Waals surface area contributed by atoms with Crippen LogP contribution in [-0.4, -0.2) is 10.9 Å². The highest BCUT2D eigenvalue weighted by atomic mass is 35.5. The van der Waals surface area contributed by atoms with Crippen LogP contribution in [-0.2, 0) is 0 Å². The summed E-state index contributed by atoms with van der Waals surface area (Å²) in [7, 11) is 0. The van der Waals surface area contributed by atoms with E-state index in [4.69, 9.17) is 11.6 Å². The van der Waals surface area contributed by atoms with Crippen molar-refractivity contribution in [3.8, 4) is 0 Å². The highest BCUT2D eigenvalue weighted by Crippen LogP contribution is 2.14. The largest absolute Gasteiger partial charge is 0.307 e. The Kier molecular flexibility index (Phi) is 3.58. The SMILES string of the molecule is Cc1cc(F)ccc1C(=O)Nc1ccc(Cl)cn1. The molecular weight excluding hydrogens is 255 g/mol. The van der Waals surface area contributed by atoms with Gasteiger partial charge in [0.25, 0.3) is 5.91 Å². The lowest BCUT2D eigenvalue weighted by Gasteiger charge is -2.07. The minimum absolute atomic E-state index is 0.331. The molecule has 0 saturated heterocycles. The standard InChI is InChI=1S/C13H10ClFN2O/c1-8-6-10(15)3-4-11(8)13(18)17-12-5-2-9(14)7-16-12/h2-7H,1H3,(H,16,17,18).